The number of aromatic nitrogens is 1. The van der Waals surface area contributed by atoms with Crippen LogP contribution in [-0.2, 0) is 4.74 Å². The first kappa shape index (κ1) is 13.4. The Morgan fingerprint density at radius 2 is 2.06 bits per heavy atom. The molecule has 94 valence electrons. The number of halogens is 4. The molecule has 0 bridgehead atoms. The Hall–Kier alpha value is -1.66. The predicted octanol–water partition coefficient (Wildman–Crippen LogP) is 2.72. The van der Waals surface area contributed by atoms with Gasteiger partial charge in [0.2, 0.25) is 0 Å². The van der Waals surface area contributed by atoms with Crippen LogP contribution in [0.4, 0.5) is 17.6 Å². The van der Waals surface area contributed by atoms with Gasteiger partial charge in [-0.25, -0.2) is 9.18 Å². The molecule has 0 fully saturated rings. The maximum Gasteiger partial charge on any atom is 0.389 e. The molecule has 0 aliphatic carbocycles. The number of hydrogen-bond acceptors (Lipinski definition) is 3. The van der Waals surface area contributed by atoms with Crippen LogP contribution in [0.5, 0.6) is 0 Å². The van der Waals surface area contributed by atoms with Gasteiger partial charge in [0.1, 0.15) is 5.82 Å². The quantitative estimate of drug-likeness (QED) is 0.469. The van der Waals surface area contributed by atoms with Crippen molar-refractivity contribution >= 4 is 5.97 Å². The SMILES string of the molecule is O=C(OCCCC(F)(F)F)c1cncc(F)c1. The molecule has 1 aromatic heterocycles. The number of ether oxygens (including phenoxy) is 1. The van der Waals surface area contributed by atoms with Crippen molar-refractivity contribution in [1.29, 1.82) is 0 Å². The fourth-order valence-electron chi connectivity index (χ4n) is 1.04. The molecule has 1 rings (SSSR count). The molecule has 0 atom stereocenters. The lowest BCUT2D eigenvalue weighted by Crippen LogP contribution is -2.11. The van der Waals surface area contributed by atoms with Gasteiger partial charge in [-0.1, -0.05) is 0 Å². The molecule has 0 radical (unpaired) electrons. The molecule has 3 nitrogen and oxygen atoms in total. The lowest BCUT2D eigenvalue weighted by atomic mass is 10.3. The normalized spacial score (nSPS) is 11.3. The average molecular weight is 251 g/mol. The highest BCUT2D eigenvalue weighted by Crippen LogP contribution is 2.21. The van der Waals surface area contributed by atoms with E-state index in [-0.39, 0.29) is 18.6 Å². The van der Waals surface area contributed by atoms with Crippen LogP contribution in [0.2, 0.25) is 0 Å². The number of carbonyl (C=O) groups excluding carboxylic acids is 1. The van der Waals surface area contributed by atoms with Crippen molar-refractivity contribution in [2.24, 2.45) is 0 Å². The van der Waals surface area contributed by atoms with Crippen LogP contribution in [0.1, 0.15) is 23.2 Å². The smallest absolute Gasteiger partial charge is 0.389 e. The van der Waals surface area contributed by atoms with Gasteiger partial charge < -0.3 is 4.74 Å². The molecule has 17 heavy (non-hydrogen) atoms. The van der Waals surface area contributed by atoms with Crippen LogP contribution in [0.25, 0.3) is 0 Å². The molecule has 0 N–H and O–H groups in total. The molecule has 0 saturated carbocycles. The molecule has 0 aromatic carbocycles. The van der Waals surface area contributed by atoms with Gasteiger partial charge in [0.25, 0.3) is 0 Å². The van der Waals surface area contributed by atoms with Gasteiger partial charge >= 0.3 is 12.1 Å². The van der Waals surface area contributed by atoms with Gasteiger partial charge in [-0.2, -0.15) is 13.2 Å². The Labute approximate surface area is 94.4 Å². The van der Waals surface area contributed by atoms with Crippen LogP contribution >= 0.6 is 0 Å². The Bertz CT molecular complexity index is 392. The highest BCUT2D eigenvalue weighted by Gasteiger charge is 2.26. The molecule has 1 heterocycles. The molecule has 0 aliphatic rings. The van der Waals surface area contributed by atoms with Gasteiger partial charge in [0.05, 0.1) is 18.4 Å². The lowest BCUT2D eigenvalue weighted by Gasteiger charge is -2.06. The number of rotatable bonds is 4. The number of esters is 1. The van der Waals surface area contributed by atoms with Crippen molar-refractivity contribution in [2.75, 3.05) is 6.61 Å². The fourth-order valence-corrected chi connectivity index (χ4v) is 1.04. The van der Waals surface area contributed by atoms with Gasteiger partial charge in [-0.3, -0.25) is 4.98 Å². The molecule has 0 unspecified atom stereocenters. The first-order chi connectivity index (χ1) is 7.88. The van der Waals surface area contributed by atoms with Gasteiger partial charge in [-0.05, 0) is 12.5 Å². The van der Waals surface area contributed by atoms with Gasteiger partial charge in [0.15, 0.2) is 0 Å². The summed E-state index contributed by atoms with van der Waals surface area (Å²) in [5, 5.41) is 0. The van der Waals surface area contributed by atoms with E-state index >= 15 is 0 Å². The fraction of sp³-hybridized carbons (Fsp3) is 0.400. The third kappa shape index (κ3) is 5.28. The molecule has 1 aromatic rings. The largest absolute Gasteiger partial charge is 0.462 e. The zero-order valence-electron chi connectivity index (χ0n) is 8.63. The summed E-state index contributed by atoms with van der Waals surface area (Å²) in [6.45, 7) is -0.366. The molecular weight excluding hydrogens is 242 g/mol. The van der Waals surface area contributed by atoms with E-state index in [0.717, 1.165) is 18.5 Å². The van der Waals surface area contributed by atoms with E-state index in [1.807, 2.05) is 0 Å². The van der Waals surface area contributed by atoms with Crippen molar-refractivity contribution in [3.63, 3.8) is 0 Å². The Balaban J connectivity index is 2.36. The standard InChI is InChI=1S/C10H9F4NO2/c11-8-4-7(5-15-6-8)9(16)17-3-1-2-10(12,13)14/h4-6H,1-3H2. The Kier molecular flexibility index (Phi) is 4.42. The second kappa shape index (κ2) is 5.60. The third-order valence-electron chi connectivity index (χ3n) is 1.78. The molecule has 0 aliphatic heterocycles. The molecule has 7 heteroatoms. The highest BCUT2D eigenvalue weighted by atomic mass is 19.4. The first-order valence-electron chi connectivity index (χ1n) is 4.73. The van der Waals surface area contributed by atoms with Gasteiger partial charge in [-0.15, -0.1) is 0 Å². The molecule has 0 spiro atoms. The highest BCUT2D eigenvalue weighted by molar-refractivity contribution is 5.88. The number of nitrogens with zero attached hydrogens (tertiary/aromatic N) is 1. The topological polar surface area (TPSA) is 39.2 Å². The summed E-state index contributed by atoms with van der Waals surface area (Å²) in [7, 11) is 0. The first-order valence-corrected chi connectivity index (χ1v) is 4.73. The zero-order chi connectivity index (χ0) is 12.9. The molecular formula is C10H9F4NO2. The average Bonchev–Trinajstić information content (AvgIpc) is 2.23. The summed E-state index contributed by atoms with van der Waals surface area (Å²) in [5.74, 6) is -1.60. The number of alkyl halides is 3. The third-order valence-corrected chi connectivity index (χ3v) is 1.78. The van der Waals surface area contributed by atoms with Crippen molar-refractivity contribution < 1.29 is 27.1 Å². The summed E-state index contributed by atoms with van der Waals surface area (Å²) in [6.07, 6.45) is -3.64. The van der Waals surface area contributed by atoms with E-state index in [4.69, 9.17) is 0 Å². The van der Waals surface area contributed by atoms with Gasteiger partial charge in [0, 0.05) is 12.6 Å². The van der Waals surface area contributed by atoms with Crippen LogP contribution in [0.3, 0.4) is 0 Å². The number of pyridine rings is 1. The Morgan fingerprint density at radius 1 is 1.35 bits per heavy atom. The monoisotopic (exact) mass is 251 g/mol. The summed E-state index contributed by atoms with van der Waals surface area (Å²) in [6, 6.07) is 0.902. The van der Waals surface area contributed by atoms with Crippen LogP contribution in [-0.4, -0.2) is 23.7 Å². The lowest BCUT2D eigenvalue weighted by molar-refractivity contribution is -0.137. The van der Waals surface area contributed by atoms with E-state index in [1.54, 1.807) is 0 Å². The second-order valence-corrected chi connectivity index (χ2v) is 3.25. The van der Waals surface area contributed by atoms with E-state index in [0.29, 0.717) is 0 Å². The Morgan fingerprint density at radius 3 is 2.65 bits per heavy atom. The predicted molar refractivity (Wildman–Crippen MR) is 49.8 cm³/mol. The minimum atomic E-state index is -4.27. The van der Waals surface area contributed by atoms with Crippen molar-refractivity contribution in [3.05, 3.63) is 29.8 Å². The second-order valence-electron chi connectivity index (χ2n) is 3.25. The summed E-state index contributed by atoms with van der Waals surface area (Å²) in [5.41, 5.74) is -0.128. The van der Waals surface area contributed by atoms with E-state index in [2.05, 4.69) is 9.72 Å². The summed E-state index contributed by atoms with van der Waals surface area (Å²) >= 11 is 0. The van der Waals surface area contributed by atoms with Crippen molar-refractivity contribution in [1.82, 2.24) is 4.98 Å². The maximum atomic E-state index is 12.7. The molecule has 0 saturated heterocycles. The number of hydrogen-bond donors (Lipinski definition) is 0. The van der Waals surface area contributed by atoms with E-state index in [9.17, 15) is 22.4 Å². The summed E-state index contributed by atoms with van der Waals surface area (Å²) in [4.78, 5) is 14.6. The zero-order valence-corrected chi connectivity index (χ0v) is 8.63. The minimum Gasteiger partial charge on any atom is -0.462 e. The molecule has 0 amide bonds. The van der Waals surface area contributed by atoms with E-state index in [1.165, 1.54) is 0 Å². The minimum absolute atomic E-state index is 0.128. The maximum absolute atomic E-state index is 12.7. The number of carbonyl (C=O) groups is 1. The van der Waals surface area contributed by atoms with Crippen molar-refractivity contribution in [3.8, 4) is 0 Å². The summed E-state index contributed by atoms with van der Waals surface area (Å²) < 4.78 is 52.5. The van der Waals surface area contributed by atoms with Crippen molar-refractivity contribution in [2.45, 2.75) is 19.0 Å². The van der Waals surface area contributed by atoms with Crippen LogP contribution < -0.4 is 0 Å². The van der Waals surface area contributed by atoms with Crippen LogP contribution in [0, 0.1) is 5.82 Å². The van der Waals surface area contributed by atoms with E-state index < -0.39 is 24.4 Å². The van der Waals surface area contributed by atoms with Crippen LogP contribution in [0.15, 0.2) is 18.5 Å².